The van der Waals surface area contributed by atoms with Crippen LogP contribution in [-0.2, 0) is 6.54 Å². The number of rotatable bonds is 5. The van der Waals surface area contributed by atoms with Crippen molar-refractivity contribution in [3.63, 3.8) is 0 Å². The second kappa shape index (κ2) is 7.40. The van der Waals surface area contributed by atoms with Gasteiger partial charge < -0.3 is 15.2 Å². The summed E-state index contributed by atoms with van der Waals surface area (Å²) in [5, 5.41) is 11.0. The van der Waals surface area contributed by atoms with Crippen LogP contribution in [0.15, 0.2) is 41.3 Å². The van der Waals surface area contributed by atoms with Gasteiger partial charge >= 0.3 is 0 Å². The number of nitro groups is 1. The van der Waals surface area contributed by atoms with Crippen LogP contribution in [0.1, 0.15) is 39.1 Å². The highest BCUT2D eigenvalue weighted by atomic mass is 16.6. The molecule has 2 amide bonds. The number of pyridine rings is 1. The van der Waals surface area contributed by atoms with Gasteiger partial charge in [-0.25, -0.2) is 0 Å². The van der Waals surface area contributed by atoms with Crippen molar-refractivity contribution in [2.45, 2.75) is 19.4 Å². The number of aromatic nitrogens is 1. The molecule has 2 aromatic rings. The summed E-state index contributed by atoms with van der Waals surface area (Å²) in [7, 11) is 0. The van der Waals surface area contributed by atoms with Crippen LogP contribution in [0, 0.1) is 10.1 Å². The largest absolute Gasteiger partial charge is 0.365 e. The highest BCUT2D eigenvalue weighted by Crippen LogP contribution is 2.15. The molecule has 140 valence electrons. The Bertz CT molecular complexity index is 959. The molecule has 0 saturated carbocycles. The molecule has 1 saturated heterocycles. The van der Waals surface area contributed by atoms with E-state index in [0.29, 0.717) is 11.1 Å². The van der Waals surface area contributed by atoms with E-state index in [4.69, 9.17) is 5.73 Å². The summed E-state index contributed by atoms with van der Waals surface area (Å²) in [6, 6.07) is 7.55. The van der Waals surface area contributed by atoms with Crippen molar-refractivity contribution in [3.05, 3.63) is 73.7 Å². The van der Waals surface area contributed by atoms with Gasteiger partial charge in [0.2, 0.25) is 0 Å². The van der Waals surface area contributed by atoms with Gasteiger partial charge in [0.25, 0.3) is 23.1 Å². The molecule has 0 spiro atoms. The molecule has 3 rings (SSSR count). The molecule has 0 radical (unpaired) electrons. The second-order valence-corrected chi connectivity index (χ2v) is 6.36. The highest BCUT2D eigenvalue weighted by Gasteiger charge is 2.20. The maximum absolute atomic E-state index is 12.4. The molecule has 1 aliphatic rings. The first-order valence-electron chi connectivity index (χ1n) is 8.43. The number of primary amides is 1. The monoisotopic (exact) mass is 370 g/mol. The van der Waals surface area contributed by atoms with E-state index >= 15 is 0 Å². The van der Waals surface area contributed by atoms with Gasteiger partial charge in [-0.1, -0.05) is 12.1 Å². The van der Waals surface area contributed by atoms with Crippen LogP contribution in [0.3, 0.4) is 0 Å². The van der Waals surface area contributed by atoms with Crippen LogP contribution in [0.25, 0.3) is 0 Å². The summed E-state index contributed by atoms with van der Waals surface area (Å²) in [5.41, 5.74) is 4.80. The lowest BCUT2D eigenvalue weighted by Crippen LogP contribution is -2.30. The van der Waals surface area contributed by atoms with Gasteiger partial charge in [0, 0.05) is 24.7 Å². The average Bonchev–Trinajstić information content (AvgIpc) is 3.17. The molecule has 9 heteroatoms. The third kappa shape index (κ3) is 3.86. The predicted molar refractivity (Wildman–Crippen MR) is 96.6 cm³/mol. The molecule has 0 atom stereocenters. The lowest BCUT2D eigenvalue weighted by atomic mass is 10.1. The van der Waals surface area contributed by atoms with E-state index in [-0.39, 0.29) is 12.5 Å². The fraction of sp³-hybridized carbons (Fsp3) is 0.278. The Kier molecular flexibility index (Phi) is 5.02. The first kappa shape index (κ1) is 18.3. The minimum atomic E-state index is -1.02. The lowest BCUT2D eigenvalue weighted by molar-refractivity contribution is -0.385. The quantitative estimate of drug-likeness (QED) is 0.623. The fourth-order valence-electron chi connectivity index (χ4n) is 3.07. The van der Waals surface area contributed by atoms with Crippen molar-refractivity contribution in [1.82, 2.24) is 9.47 Å². The van der Waals surface area contributed by atoms with E-state index in [1.54, 1.807) is 29.2 Å². The maximum Gasteiger partial charge on any atom is 0.286 e. The number of hydrogen-bond donors (Lipinski definition) is 1. The van der Waals surface area contributed by atoms with Gasteiger partial charge in [-0.15, -0.1) is 0 Å². The van der Waals surface area contributed by atoms with Crippen LogP contribution >= 0.6 is 0 Å². The van der Waals surface area contributed by atoms with Crippen molar-refractivity contribution in [3.8, 4) is 0 Å². The van der Waals surface area contributed by atoms with E-state index in [1.807, 2.05) is 0 Å². The van der Waals surface area contributed by atoms with Crippen molar-refractivity contribution >= 4 is 17.5 Å². The summed E-state index contributed by atoms with van der Waals surface area (Å²) in [6.45, 7) is 1.51. The van der Waals surface area contributed by atoms with Crippen LogP contribution in [0.5, 0.6) is 0 Å². The Balaban J connectivity index is 1.86. The minimum absolute atomic E-state index is 0.0129. The van der Waals surface area contributed by atoms with Crippen molar-refractivity contribution in [2.24, 2.45) is 5.73 Å². The molecule has 27 heavy (non-hydrogen) atoms. The van der Waals surface area contributed by atoms with Gasteiger partial charge in [-0.05, 0) is 30.5 Å². The third-order valence-corrected chi connectivity index (χ3v) is 4.49. The predicted octanol–water partition coefficient (Wildman–Crippen LogP) is 1.14. The first-order chi connectivity index (χ1) is 12.9. The molecule has 1 aliphatic heterocycles. The van der Waals surface area contributed by atoms with Crippen LogP contribution in [-0.4, -0.2) is 39.3 Å². The van der Waals surface area contributed by atoms with Gasteiger partial charge in [-0.2, -0.15) is 0 Å². The molecule has 2 N–H and O–H groups in total. The molecule has 0 bridgehead atoms. The number of carbonyl (C=O) groups is 2. The summed E-state index contributed by atoms with van der Waals surface area (Å²) < 4.78 is 1.07. The smallest absolute Gasteiger partial charge is 0.286 e. The van der Waals surface area contributed by atoms with Crippen LogP contribution in [0.4, 0.5) is 5.69 Å². The number of amides is 2. The normalized spacial score (nSPS) is 13.6. The summed E-state index contributed by atoms with van der Waals surface area (Å²) >= 11 is 0. The SMILES string of the molecule is NC(=O)c1cc([N+](=O)[O-])cn(Cc2ccc(C(=O)N3CCCC3)cc2)c1=O. The zero-order valence-corrected chi connectivity index (χ0v) is 14.5. The zero-order valence-electron chi connectivity index (χ0n) is 14.5. The molecule has 2 heterocycles. The van der Waals surface area contributed by atoms with Gasteiger partial charge in [0.05, 0.1) is 17.7 Å². The molecule has 1 fully saturated rings. The highest BCUT2D eigenvalue weighted by molar-refractivity contribution is 5.94. The molecule has 9 nitrogen and oxygen atoms in total. The van der Waals surface area contributed by atoms with Crippen LogP contribution < -0.4 is 11.3 Å². The Morgan fingerprint density at radius 1 is 1.15 bits per heavy atom. The van der Waals surface area contributed by atoms with E-state index < -0.39 is 27.6 Å². The molecule has 1 aromatic carbocycles. The Morgan fingerprint density at radius 3 is 2.33 bits per heavy atom. The average molecular weight is 370 g/mol. The number of nitrogens with two attached hydrogens (primary N) is 1. The molecule has 0 aliphatic carbocycles. The molecular formula is C18H18N4O5. The fourth-order valence-corrected chi connectivity index (χ4v) is 3.07. The third-order valence-electron chi connectivity index (χ3n) is 4.49. The van der Waals surface area contributed by atoms with Gasteiger partial charge in [0.15, 0.2) is 0 Å². The van der Waals surface area contributed by atoms with E-state index in [0.717, 1.165) is 42.8 Å². The first-order valence-corrected chi connectivity index (χ1v) is 8.43. The zero-order chi connectivity index (χ0) is 19.6. The summed E-state index contributed by atoms with van der Waals surface area (Å²) in [5.74, 6) is -1.06. The topological polar surface area (TPSA) is 129 Å². The van der Waals surface area contributed by atoms with E-state index in [1.165, 1.54) is 0 Å². The minimum Gasteiger partial charge on any atom is -0.365 e. The van der Waals surface area contributed by atoms with Crippen molar-refractivity contribution < 1.29 is 14.5 Å². The van der Waals surface area contributed by atoms with Crippen molar-refractivity contribution in [1.29, 1.82) is 0 Å². The van der Waals surface area contributed by atoms with E-state index in [2.05, 4.69) is 0 Å². The number of carbonyl (C=O) groups excluding carboxylic acids is 2. The van der Waals surface area contributed by atoms with E-state index in [9.17, 15) is 24.5 Å². The van der Waals surface area contributed by atoms with Gasteiger partial charge in [0.1, 0.15) is 5.56 Å². The Morgan fingerprint density at radius 2 is 1.78 bits per heavy atom. The molecule has 0 unspecified atom stereocenters. The summed E-state index contributed by atoms with van der Waals surface area (Å²) in [6.07, 6.45) is 3.07. The molecular weight excluding hydrogens is 352 g/mol. The van der Waals surface area contributed by atoms with Crippen LogP contribution in [0.2, 0.25) is 0 Å². The maximum atomic E-state index is 12.4. The second-order valence-electron chi connectivity index (χ2n) is 6.36. The van der Waals surface area contributed by atoms with Gasteiger partial charge in [-0.3, -0.25) is 24.5 Å². The Hall–Kier alpha value is -3.49. The standard InChI is InChI=1S/C18H18N4O5/c19-16(23)15-9-14(22(26)27)11-21(18(15)25)10-12-3-5-13(6-4-12)17(24)20-7-1-2-8-20/h3-6,9,11H,1-2,7-8,10H2,(H2,19,23). The number of nitrogens with zero attached hydrogens (tertiary/aromatic N) is 3. The number of hydrogen-bond acceptors (Lipinski definition) is 5. The number of likely N-dealkylation sites (tertiary alicyclic amines) is 1. The molecule has 1 aromatic heterocycles. The summed E-state index contributed by atoms with van der Waals surface area (Å²) in [4.78, 5) is 48.2. The lowest BCUT2D eigenvalue weighted by Gasteiger charge is -2.15. The van der Waals surface area contributed by atoms with Crippen molar-refractivity contribution in [2.75, 3.05) is 13.1 Å². The Labute approximate surface area is 154 Å². The number of benzene rings is 1.